The van der Waals surface area contributed by atoms with Gasteiger partial charge in [0, 0.05) is 36.5 Å². The molecule has 0 aliphatic carbocycles. The van der Waals surface area contributed by atoms with Crippen LogP contribution in [0.15, 0.2) is 29.8 Å². The molecule has 0 saturated heterocycles. The largest absolute Gasteiger partial charge is 0.398 e. The molecule has 23 heavy (non-hydrogen) atoms. The molecule has 0 fully saturated rings. The maximum Gasteiger partial charge on any atom is 0.248 e. The third-order valence-corrected chi connectivity index (χ3v) is 4.64. The van der Waals surface area contributed by atoms with Gasteiger partial charge in [-0.05, 0) is 30.5 Å². The molecule has 2 N–H and O–H groups in total. The summed E-state index contributed by atoms with van der Waals surface area (Å²) in [5, 5.41) is 2.60. The van der Waals surface area contributed by atoms with E-state index in [1.54, 1.807) is 18.1 Å². The van der Waals surface area contributed by atoms with Crippen LogP contribution in [0, 0.1) is 0 Å². The lowest BCUT2D eigenvalue weighted by molar-refractivity contribution is -0.117. The van der Waals surface area contributed by atoms with Gasteiger partial charge >= 0.3 is 0 Å². The molecule has 1 aromatic carbocycles. The lowest BCUT2D eigenvalue weighted by atomic mass is 10.00. The first-order valence-electron chi connectivity index (χ1n) is 6.95. The van der Waals surface area contributed by atoms with Crippen molar-refractivity contribution in [1.29, 1.82) is 0 Å². The zero-order chi connectivity index (χ0) is 14.8. The number of carbonyl (C=O) groups excluding carboxylic acids is 1. The van der Waals surface area contributed by atoms with Crippen LogP contribution >= 0.6 is 36.2 Å². The number of nitrogens with zero attached hydrogens (tertiary/aromatic N) is 3. The van der Waals surface area contributed by atoms with Crippen LogP contribution in [0.4, 0.5) is 16.5 Å². The van der Waals surface area contributed by atoms with Crippen LogP contribution in [0.3, 0.4) is 0 Å². The van der Waals surface area contributed by atoms with Crippen LogP contribution in [0.1, 0.15) is 12.0 Å². The average molecular weight is 375 g/mol. The summed E-state index contributed by atoms with van der Waals surface area (Å²) in [7, 11) is 1.77. The van der Waals surface area contributed by atoms with Crippen molar-refractivity contribution < 1.29 is 4.79 Å². The summed E-state index contributed by atoms with van der Waals surface area (Å²) in [6.07, 6.45) is 3.71. The zero-order valence-corrected chi connectivity index (χ0v) is 15.2. The first-order chi connectivity index (χ1) is 10.2. The minimum absolute atomic E-state index is 0. The fraction of sp³-hybridized carbons (Fsp3) is 0.333. The number of anilines is 3. The van der Waals surface area contributed by atoms with Crippen molar-refractivity contribution in [3.8, 4) is 0 Å². The van der Waals surface area contributed by atoms with Crippen molar-refractivity contribution in [3.63, 3.8) is 0 Å². The van der Waals surface area contributed by atoms with Crippen molar-refractivity contribution in [2.75, 3.05) is 35.7 Å². The Morgan fingerprint density at radius 3 is 2.91 bits per heavy atom. The van der Waals surface area contributed by atoms with E-state index in [9.17, 15) is 4.79 Å². The van der Waals surface area contributed by atoms with Crippen LogP contribution in [0.25, 0.3) is 0 Å². The topological polar surface area (TPSA) is 62.5 Å². The van der Waals surface area contributed by atoms with Crippen LogP contribution in [-0.4, -0.2) is 31.0 Å². The summed E-state index contributed by atoms with van der Waals surface area (Å²) in [5.74, 6) is 0.0419. The average Bonchev–Trinajstić information content (AvgIpc) is 3.02. The summed E-state index contributed by atoms with van der Waals surface area (Å²) >= 11 is 1.46. The monoisotopic (exact) mass is 374 g/mol. The number of aromatic nitrogens is 1. The second kappa shape index (κ2) is 8.38. The highest BCUT2D eigenvalue weighted by Gasteiger charge is 2.22. The highest BCUT2D eigenvalue weighted by Crippen LogP contribution is 2.31. The SMILES string of the molecule is CN(C(=O)CN1CCCc2c(N)cccc21)c1nccs1.Cl.Cl. The Bertz CT molecular complexity index is 651. The predicted octanol–water partition coefficient (Wildman–Crippen LogP) is 2.98. The fourth-order valence-electron chi connectivity index (χ4n) is 2.65. The Labute approximate surface area is 152 Å². The molecule has 0 bridgehead atoms. The van der Waals surface area contributed by atoms with E-state index >= 15 is 0 Å². The van der Waals surface area contributed by atoms with Gasteiger partial charge < -0.3 is 10.6 Å². The second-order valence-corrected chi connectivity index (χ2v) is 6.01. The van der Waals surface area contributed by atoms with Crippen LogP contribution in [0.5, 0.6) is 0 Å². The molecule has 0 unspecified atom stereocenters. The van der Waals surface area contributed by atoms with Crippen LogP contribution < -0.4 is 15.5 Å². The normalized spacial score (nSPS) is 12.7. The Kier molecular flexibility index (Phi) is 7.12. The quantitative estimate of drug-likeness (QED) is 0.838. The lowest BCUT2D eigenvalue weighted by Crippen LogP contribution is -2.40. The van der Waals surface area contributed by atoms with E-state index in [-0.39, 0.29) is 30.7 Å². The van der Waals surface area contributed by atoms with Crippen molar-refractivity contribution in [3.05, 3.63) is 35.3 Å². The number of benzene rings is 1. The second-order valence-electron chi connectivity index (χ2n) is 5.14. The van der Waals surface area contributed by atoms with Gasteiger partial charge in [0.15, 0.2) is 5.13 Å². The Hall–Kier alpha value is -1.50. The third kappa shape index (κ3) is 4.07. The van der Waals surface area contributed by atoms with Crippen molar-refractivity contribution >= 4 is 58.6 Å². The number of carbonyl (C=O) groups is 1. The third-order valence-electron chi connectivity index (χ3n) is 3.79. The number of nitrogens with two attached hydrogens (primary N) is 1. The number of hydrogen-bond donors (Lipinski definition) is 1. The number of fused-ring (bicyclic) bond motifs is 1. The minimum atomic E-state index is 0. The van der Waals surface area contributed by atoms with Crippen molar-refractivity contribution in [2.24, 2.45) is 0 Å². The highest BCUT2D eigenvalue weighted by molar-refractivity contribution is 7.13. The molecule has 0 radical (unpaired) electrons. The number of rotatable bonds is 3. The van der Waals surface area contributed by atoms with E-state index in [4.69, 9.17) is 5.73 Å². The van der Waals surface area contributed by atoms with Gasteiger partial charge in [0.05, 0.1) is 6.54 Å². The summed E-state index contributed by atoms with van der Waals surface area (Å²) in [5.41, 5.74) is 9.10. The zero-order valence-electron chi connectivity index (χ0n) is 12.8. The molecule has 1 aliphatic heterocycles. The maximum atomic E-state index is 12.4. The molecule has 0 saturated carbocycles. The van der Waals surface area contributed by atoms with Crippen LogP contribution in [0.2, 0.25) is 0 Å². The summed E-state index contributed by atoms with van der Waals surface area (Å²) in [6.45, 7) is 1.24. The van der Waals surface area contributed by atoms with Crippen LogP contribution in [-0.2, 0) is 11.2 Å². The molecule has 2 heterocycles. The number of amides is 1. The van der Waals surface area contributed by atoms with Crippen molar-refractivity contribution in [1.82, 2.24) is 4.98 Å². The molecule has 126 valence electrons. The van der Waals surface area contributed by atoms with Gasteiger partial charge in [-0.1, -0.05) is 6.07 Å². The van der Waals surface area contributed by atoms with Gasteiger partial charge in [0.1, 0.15) is 0 Å². The minimum Gasteiger partial charge on any atom is -0.398 e. The Morgan fingerprint density at radius 2 is 2.22 bits per heavy atom. The molecule has 0 spiro atoms. The molecule has 8 heteroatoms. The lowest BCUT2D eigenvalue weighted by Gasteiger charge is -2.32. The van der Waals surface area contributed by atoms with Gasteiger partial charge in [-0.3, -0.25) is 9.69 Å². The molecule has 1 aliphatic rings. The summed E-state index contributed by atoms with van der Waals surface area (Å²) in [4.78, 5) is 20.3. The molecule has 0 atom stereocenters. The predicted molar refractivity (Wildman–Crippen MR) is 101 cm³/mol. The van der Waals surface area contributed by atoms with Gasteiger partial charge in [-0.15, -0.1) is 36.2 Å². The molecule has 1 amide bonds. The van der Waals surface area contributed by atoms with E-state index in [0.29, 0.717) is 6.54 Å². The van der Waals surface area contributed by atoms with Gasteiger partial charge in [0.25, 0.3) is 0 Å². The van der Waals surface area contributed by atoms with Gasteiger partial charge in [0.2, 0.25) is 5.91 Å². The number of likely N-dealkylation sites (N-methyl/N-ethyl adjacent to an activating group) is 1. The number of nitrogen functional groups attached to an aromatic ring is 1. The standard InChI is InChI=1S/C15H18N4OS.2ClH/c1-18(15-17-7-9-21-15)14(20)10-19-8-3-4-11-12(16)5-2-6-13(11)19;;/h2,5-7,9H,3-4,8,10,16H2,1H3;2*1H. The highest BCUT2D eigenvalue weighted by atomic mass is 35.5. The van der Waals surface area contributed by atoms with E-state index in [2.05, 4.69) is 9.88 Å². The van der Waals surface area contributed by atoms with Gasteiger partial charge in [-0.25, -0.2) is 4.98 Å². The molecule has 3 rings (SSSR count). The molecule has 1 aromatic heterocycles. The summed E-state index contributed by atoms with van der Waals surface area (Å²) in [6, 6.07) is 5.91. The van der Waals surface area contributed by atoms with Crippen molar-refractivity contribution in [2.45, 2.75) is 12.8 Å². The van der Waals surface area contributed by atoms with E-state index in [0.717, 1.165) is 41.5 Å². The molecular weight excluding hydrogens is 355 g/mol. The number of hydrogen-bond acceptors (Lipinski definition) is 5. The Balaban J connectivity index is 0.00000132. The maximum absolute atomic E-state index is 12.4. The molecule has 5 nitrogen and oxygen atoms in total. The molecular formula is C15H20Cl2N4OS. The Morgan fingerprint density at radius 1 is 1.43 bits per heavy atom. The molecule has 2 aromatic rings. The fourth-order valence-corrected chi connectivity index (χ4v) is 3.27. The van der Waals surface area contributed by atoms with E-state index < -0.39 is 0 Å². The smallest absolute Gasteiger partial charge is 0.248 e. The van der Waals surface area contributed by atoms with E-state index in [1.165, 1.54) is 11.3 Å². The number of thiazole rings is 1. The van der Waals surface area contributed by atoms with E-state index in [1.807, 2.05) is 23.6 Å². The number of halogens is 2. The summed E-state index contributed by atoms with van der Waals surface area (Å²) < 4.78 is 0. The first kappa shape index (κ1) is 19.5. The first-order valence-corrected chi connectivity index (χ1v) is 7.83. The van der Waals surface area contributed by atoms with Gasteiger partial charge in [-0.2, -0.15) is 0 Å².